The third-order valence-corrected chi connectivity index (χ3v) is 4.37. The van der Waals surface area contributed by atoms with Crippen molar-refractivity contribution in [1.82, 2.24) is 21.3 Å². The van der Waals surface area contributed by atoms with Crippen LogP contribution in [0.3, 0.4) is 0 Å². The molecule has 0 fully saturated rings. The first-order chi connectivity index (χ1) is 15.6. The van der Waals surface area contributed by atoms with Gasteiger partial charge in [-0.2, -0.15) is 0 Å². The van der Waals surface area contributed by atoms with Crippen molar-refractivity contribution in [2.45, 2.75) is 57.9 Å². The van der Waals surface area contributed by atoms with Gasteiger partial charge in [-0.3, -0.25) is 24.0 Å². The predicted octanol–water partition coefficient (Wildman–Crippen LogP) is -1.81. The van der Waals surface area contributed by atoms with Gasteiger partial charge in [-0.05, 0) is 19.3 Å². The van der Waals surface area contributed by atoms with Gasteiger partial charge in [0.1, 0.15) is 11.8 Å². The van der Waals surface area contributed by atoms with E-state index in [1.54, 1.807) is 6.92 Å². The monoisotopic (exact) mass is 472 g/mol. The maximum absolute atomic E-state index is 12.4. The maximum atomic E-state index is 12.4. The van der Waals surface area contributed by atoms with Gasteiger partial charge in [-0.1, -0.05) is 6.92 Å². The van der Waals surface area contributed by atoms with E-state index < -0.39 is 35.7 Å². The van der Waals surface area contributed by atoms with Crippen molar-refractivity contribution in [2.24, 2.45) is 11.5 Å². The number of amides is 6. The van der Waals surface area contributed by atoms with E-state index in [1.165, 1.54) is 0 Å². The Bertz CT molecular complexity index is 671. The van der Waals surface area contributed by atoms with Crippen LogP contribution >= 0.6 is 0 Å². The average molecular weight is 473 g/mol. The summed E-state index contributed by atoms with van der Waals surface area (Å²) in [5.41, 5.74) is 10.1. The fraction of sp³-hybridized carbons (Fsp3) is 0.700. The highest BCUT2D eigenvalue weighted by atomic mass is 16.5. The lowest BCUT2D eigenvalue weighted by atomic mass is 10.1. The molecule has 33 heavy (non-hydrogen) atoms. The van der Waals surface area contributed by atoms with Crippen molar-refractivity contribution in [1.29, 1.82) is 0 Å². The van der Waals surface area contributed by atoms with Crippen molar-refractivity contribution in [3.05, 3.63) is 0 Å². The molecule has 0 aliphatic heterocycles. The number of hydrogen-bond donors (Lipinski definition) is 6. The molecule has 0 aromatic rings. The predicted molar refractivity (Wildman–Crippen MR) is 119 cm³/mol. The summed E-state index contributed by atoms with van der Waals surface area (Å²) in [5, 5.41) is 9.95. The van der Waals surface area contributed by atoms with E-state index in [9.17, 15) is 28.8 Å². The summed E-state index contributed by atoms with van der Waals surface area (Å²) in [4.78, 5) is 69.1. The van der Waals surface area contributed by atoms with E-state index >= 15 is 0 Å². The fourth-order valence-corrected chi connectivity index (χ4v) is 2.49. The molecule has 0 bridgehead atoms. The Balaban J connectivity index is 4.32. The quantitative estimate of drug-likeness (QED) is 0.118. The molecule has 13 heteroatoms. The molecule has 0 aliphatic rings. The number of urea groups is 1. The summed E-state index contributed by atoms with van der Waals surface area (Å²) in [6, 6.07) is -1.66. The minimum Gasteiger partial charge on any atom is -0.380 e. The highest BCUT2D eigenvalue weighted by molar-refractivity contribution is 5.91. The SMILES string of the molecule is CCC(=O)CCOCCC(=O)NC(CCC(N)=O)C(=O)NCC(=O)NCCCCNC(N)=O. The molecule has 0 rings (SSSR count). The Morgan fingerprint density at radius 3 is 2.06 bits per heavy atom. The Morgan fingerprint density at radius 1 is 0.818 bits per heavy atom. The average Bonchev–Trinajstić information content (AvgIpc) is 2.76. The lowest BCUT2D eigenvalue weighted by Crippen LogP contribution is -2.49. The number of nitrogens with one attached hydrogen (secondary N) is 4. The number of unbranched alkanes of at least 4 members (excludes halogenated alkanes) is 1. The fourth-order valence-electron chi connectivity index (χ4n) is 2.49. The molecule has 1 unspecified atom stereocenters. The molecule has 0 heterocycles. The van der Waals surface area contributed by atoms with Crippen molar-refractivity contribution < 1.29 is 33.5 Å². The van der Waals surface area contributed by atoms with E-state index in [1.807, 2.05) is 0 Å². The van der Waals surface area contributed by atoms with Crippen LogP contribution in [0.4, 0.5) is 4.79 Å². The summed E-state index contributed by atoms with van der Waals surface area (Å²) >= 11 is 0. The maximum Gasteiger partial charge on any atom is 0.312 e. The molecule has 0 radical (unpaired) electrons. The van der Waals surface area contributed by atoms with Crippen LogP contribution < -0.4 is 32.7 Å². The summed E-state index contributed by atoms with van der Waals surface area (Å²) in [6.45, 7) is 2.47. The number of rotatable bonds is 19. The van der Waals surface area contributed by atoms with Crippen LogP contribution in [0.5, 0.6) is 0 Å². The van der Waals surface area contributed by atoms with Crippen molar-refractivity contribution in [3.63, 3.8) is 0 Å². The molecule has 0 aliphatic carbocycles. The Morgan fingerprint density at radius 2 is 1.45 bits per heavy atom. The minimum atomic E-state index is -1.04. The molecule has 8 N–H and O–H groups in total. The zero-order valence-electron chi connectivity index (χ0n) is 19.1. The normalized spacial score (nSPS) is 11.2. The number of ketones is 1. The molecule has 0 saturated carbocycles. The number of hydrogen-bond acceptors (Lipinski definition) is 7. The summed E-state index contributed by atoms with van der Waals surface area (Å²) in [7, 11) is 0. The number of primary amides is 2. The van der Waals surface area contributed by atoms with E-state index in [4.69, 9.17) is 16.2 Å². The van der Waals surface area contributed by atoms with Crippen molar-refractivity contribution in [2.75, 3.05) is 32.8 Å². The van der Waals surface area contributed by atoms with Crippen LogP contribution in [0.25, 0.3) is 0 Å². The first kappa shape index (κ1) is 29.8. The van der Waals surface area contributed by atoms with Crippen LogP contribution in [0.15, 0.2) is 0 Å². The first-order valence-corrected chi connectivity index (χ1v) is 10.9. The topological polar surface area (TPSA) is 212 Å². The van der Waals surface area contributed by atoms with Gasteiger partial charge in [0.2, 0.25) is 23.6 Å². The van der Waals surface area contributed by atoms with Crippen molar-refractivity contribution >= 4 is 35.4 Å². The van der Waals surface area contributed by atoms with Gasteiger partial charge in [0, 0.05) is 38.8 Å². The zero-order chi connectivity index (χ0) is 25.1. The second-order valence-corrected chi connectivity index (χ2v) is 7.20. The number of carbonyl (C=O) groups excluding carboxylic acids is 6. The van der Waals surface area contributed by atoms with Crippen LogP contribution in [0, 0.1) is 0 Å². The second-order valence-electron chi connectivity index (χ2n) is 7.20. The molecule has 0 aromatic heterocycles. The largest absolute Gasteiger partial charge is 0.380 e. The third kappa shape index (κ3) is 18.1. The Labute approximate surface area is 193 Å². The van der Waals surface area contributed by atoms with Crippen LogP contribution in [-0.4, -0.2) is 74.3 Å². The van der Waals surface area contributed by atoms with Gasteiger partial charge in [0.05, 0.1) is 19.8 Å². The summed E-state index contributed by atoms with van der Waals surface area (Å²) < 4.78 is 5.23. The molecule has 188 valence electrons. The number of Topliss-reactive ketones (excluding diaryl/α,β-unsaturated/α-hetero) is 1. The zero-order valence-corrected chi connectivity index (χ0v) is 19.1. The van der Waals surface area contributed by atoms with Gasteiger partial charge in [-0.15, -0.1) is 0 Å². The van der Waals surface area contributed by atoms with E-state index in [2.05, 4.69) is 21.3 Å². The highest BCUT2D eigenvalue weighted by Crippen LogP contribution is 1.99. The van der Waals surface area contributed by atoms with E-state index in [0.717, 1.165) is 0 Å². The van der Waals surface area contributed by atoms with Crippen LogP contribution in [0.1, 0.15) is 51.9 Å². The smallest absolute Gasteiger partial charge is 0.312 e. The van der Waals surface area contributed by atoms with Crippen LogP contribution in [-0.2, 0) is 28.7 Å². The lowest BCUT2D eigenvalue weighted by molar-refractivity contribution is -0.131. The second kappa shape index (κ2) is 18.4. The van der Waals surface area contributed by atoms with Gasteiger partial charge in [0.15, 0.2) is 0 Å². The minimum absolute atomic E-state index is 0.0206. The molecular formula is C20H36N6O7. The number of carbonyl (C=O) groups is 6. The molecule has 0 saturated heterocycles. The first-order valence-electron chi connectivity index (χ1n) is 10.9. The standard InChI is InChI=1S/C20H36N6O7/c1-2-14(27)7-11-33-12-8-17(29)26-15(5-6-16(21)28)19(31)25-13-18(30)23-9-3-4-10-24-20(22)32/h15H,2-13H2,1H3,(H2,21,28)(H,23,30)(H,25,31)(H,26,29)(H3,22,24,32). The highest BCUT2D eigenvalue weighted by Gasteiger charge is 2.21. The van der Waals surface area contributed by atoms with E-state index in [0.29, 0.717) is 32.4 Å². The van der Waals surface area contributed by atoms with Gasteiger partial charge >= 0.3 is 6.03 Å². The number of nitrogens with two attached hydrogens (primary N) is 2. The van der Waals surface area contributed by atoms with Gasteiger partial charge < -0.3 is 37.5 Å². The Kier molecular flexibility index (Phi) is 16.6. The molecular weight excluding hydrogens is 436 g/mol. The molecule has 1 atom stereocenters. The molecule has 0 spiro atoms. The van der Waals surface area contributed by atoms with Crippen LogP contribution in [0.2, 0.25) is 0 Å². The lowest BCUT2D eigenvalue weighted by Gasteiger charge is -2.18. The van der Waals surface area contributed by atoms with Gasteiger partial charge in [-0.25, -0.2) is 4.79 Å². The van der Waals surface area contributed by atoms with E-state index in [-0.39, 0.29) is 51.2 Å². The third-order valence-electron chi connectivity index (χ3n) is 4.37. The Hall–Kier alpha value is -3.22. The molecule has 0 aromatic carbocycles. The summed E-state index contributed by atoms with van der Waals surface area (Å²) in [6.07, 6.45) is 1.74. The number of ether oxygens (including phenoxy) is 1. The van der Waals surface area contributed by atoms with Crippen molar-refractivity contribution in [3.8, 4) is 0 Å². The molecule has 13 nitrogen and oxygen atoms in total. The van der Waals surface area contributed by atoms with Gasteiger partial charge in [0.25, 0.3) is 0 Å². The summed E-state index contributed by atoms with van der Waals surface area (Å²) in [5.74, 6) is -2.10. The molecule has 6 amide bonds.